The highest BCUT2D eigenvalue weighted by molar-refractivity contribution is 6.35. The standard InChI is InChI=1S/C21H21Cl2NO3/c1-4-15-7-5-6-13(2)20(15)24-21(26)14(3)27-19(25)11-9-16-8-10-17(22)12-18(16)23/h5-12,14H,4H2,1-3H3,(H,24,26)/b11-9+/t14-/m1/s1. The van der Waals surface area contributed by atoms with E-state index in [1.807, 2.05) is 32.0 Å². The van der Waals surface area contributed by atoms with E-state index in [1.54, 1.807) is 18.2 Å². The molecule has 0 saturated carbocycles. The van der Waals surface area contributed by atoms with Gasteiger partial charge in [-0.25, -0.2) is 4.79 Å². The largest absolute Gasteiger partial charge is 0.449 e. The summed E-state index contributed by atoms with van der Waals surface area (Å²) in [7, 11) is 0. The van der Waals surface area contributed by atoms with Crippen molar-refractivity contribution in [2.45, 2.75) is 33.3 Å². The lowest BCUT2D eigenvalue weighted by Gasteiger charge is -2.16. The van der Waals surface area contributed by atoms with Gasteiger partial charge in [-0.3, -0.25) is 4.79 Å². The van der Waals surface area contributed by atoms with Crippen molar-refractivity contribution in [2.24, 2.45) is 0 Å². The molecule has 0 aliphatic carbocycles. The van der Waals surface area contributed by atoms with Gasteiger partial charge >= 0.3 is 5.97 Å². The van der Waals surface area contributed by atoms with Gasteiger partial charge in [0.2, 0.25) is 0 Å². The molecule has 2 rings (SSSR count). The van der Waals surface area contributed by atoms with Crippen molar-refractivity contribution >= 4 is 46.8 Å². The Balaban J connectivity index is 2.00. The van der Waals surface area contributed by atoms with Crippen LogP contribution in [0.5, 0.6) is 0 Å². The summed E-state index contributed by atoms with van der Waals surface area (Å²) in [6.07, 6.45) is 2.59. The third kappa shape index (κ3) is 5.84. The van der Waals surface area contributed by atoms with Gasteiger partial charge in [0, 0.05) is 21.8 Å². The first kappa shape index (κ1) is 21.0. The molecule has 27 heavy (non-hydrogen) atoms. The van der Waals surface area contributed by atoms with Gasteiger partial charge in [0.05, 0.1) is 0 Å². The van der Waals surface area contributed by atoms with E-state index in [9.17, 15) is 9.59 Å². The van der Waals surface area contributed by atoms with Gasteiger partial charge in [0.15, 0.2) is 6.10 Å². The van der Waals surface area contributed by atoms with Crippen LogP contribution in [0.4, 0.5) is 5.69 Å². The van der Waals surface area contributed by atoms with Crippen molar-refractivity contribution in [3.63, 3.8) is 0 Å². The van der Waals surface area contributed by atoms with Gasteiger partial charge in [-0.05, 0) is 55.2 Å². The van der Waals surface area contributed by atoms with Crippen LogP contribution in [0.3, 0.4) is 0 Å². The minimum absolute atomic E-state index is 0.384. The third-order valence-electron chi connectivity index (χ3n) is 4.01. The summed E-state index contributed by atoms with van der Waals surface area (Å²) in [6.45, 7) is 5.46. The highest BCUT2D eigenvalue weighted by Gasteiger charge is 2.18. The highest BCUT2D eigenvalue weighted by Crippen LogP contribution is 2.23. The second-order valence-corrected chi connectivity index (χ2v) is 6.87. The number of nitrogens with one attached hydrogen (secondary N) is 1. The van der Waals surface area contributed by atoms with Crippen molar-refractivity contribution in [1.82, 2.24) is 0 Å². The van der Waals surface area contributed by atoms with Crippen molar-refractivity contribution in [2.75, 3.05) is 5.32 Å². The molecule has 0 bridgehead atoms. The van der Waals surface area contributed by atoms with E-state index in [1.165, 1.54) is 19.1 Å². The monoisotopic (exact) mass is 405 g/mol. The van der Waals surface area contributed by atoms with Gasteiger partial charge in [-0.1, -0.05) is 54.4 Å². The van der Waals surface area contributed by atoms with Crippen LogP contribution in [0.15, 0.2) is 42.5 Å². The molecule has 0 fully saturated rings. The van der Waals surface area contributed by atoms with Crippen molar-refractivity contribution in [3.05, 3.63) is 69.2 Å². The summed E-state index contributed by atoms with van der Waals surface area (Å²) >= 11 is 11.9. The fraction of sp³-hybridized carbons (Fsp3) is 0.238. The Kier molecular flexibility index (Phi) is 7.45. The number of benzene rings is 2. The number of anilines is 1. The van der Waals surface area contributed by atoms with Crippen LogP contribution in [0.1, 0.15) is 30.5 Å². The Bertz CT molecular complexity index is 878. The van der Waals surface area contributed by atoms with E-state index in [0.717, 1.165) is 23.2 Å². The molecule has 2 aromatic rings. The molecule has 1 atom stereocenters. The molecule has 4 nitrogen and oxygen atoms in total. The van der Waals surface area contributed by atoms with Crippen LogP contribution < -0.4 is 5.32 Å². The summed E-state index contributed by atoms with van der Waals surface area (Å²) in [5.41, 5.74) is 3.37. The topological polar surface area (TPSA) is 55.4 Å². The van der Waals surface area contributed by atoms with Crippen LogP contribution in [0, 0.1) is 6.92 Å². The molecule has 0 aliphatic heterocycles. The molecule has 2 aromatic carbocycles. The molecular weight excluding hydrogens is 385 g/mol. The fourth-order valence-corrected chi connectivity index (χ4v) is 2.96. The van der Waals surface area contributed by atoms with Crippen molar-refractivity contribution in [1.29, 1.82) is 0 Å². The zero-order chi connectivity index (χ0) is 20.0. The van der Waals surface area contributed by atoms with Gasteiger partial charge in [-0.15, -0.1) is 0 Å². The lowest BCUT2D eigenvalue weighted by atomic mass is 10.1. The Morgan fingerprint density at radius 2 is 1.96 bits per heavy atom. The molecular formula is C21H21Cl2NO3. The van der Waals surface area contributed by atoms with Crippen molar-refractivity contribution < 1.29 is 14.3 Å². The number of hydrogen-bond donors (Lipinski definition) is 1. The fourth-order valence-electron chi connectivity index (χ4n) is 2.49. The molecule has 0 unspecified atom stereocenters. The Labute approximate surface area is 169 Å². The zero-order valence-electron chi connectivity index (χ0n) is 15.4. The first-order valence-corrected chi connectivity index (χ1v) is 9.30. The predicted octanol–water partition coefficient (Wildman–Crippen LogP) is 5.45. The molecule has 1 amide bonds. The van der Waals surface area contributed by atoms with Crippen molar-refractivity contribution in [3.8, 4) is 0 Å². The lowest BCUT2D eigenvalue weighted by Crippen LogP contribution is -2.30. The Morgan fingerprint density at radius 1 is 1.22 bits per heavy atom. The summed E-state index contributed by atoms with van der Waals surface area (Å²) in [4.78, 5) is 24.4. The second kappa shape index (κ2) is 9.58. The smallest absolute Gasteiger partial charge is 0.331 e. The average molecular weight is 406 g/mol. The molecule has 6 heteroatoms. The Morgan fingerprint density at radius 3 is 2.63 bits per heavy atom. The van der Waals surface area contributed by atoms with E-state index in [4.69, 9.17) is 27.9 Å². The van der Waals surface area contributed by atoms with E-state index in [0.29, 0.717) is 15.6 Å². The normalized spacial score (nSPS) is 12.0. The van der Waals surface area contributed by atoms with E-state index < -0.39 is 12.1 Å². The molecule has 0 heterocycles. The van der Waals surface area contributed by atoms with Gasteiger partial charge in [-0.2, -0.15) is 0 Å². The Hall–Kier alpha value is -2.30. The predicted molar refractivity (Wildman–Crippen MR) is 110 cm³/mol. The average Bonchev–Trinajstić information content (AvgIpc) is 2.62. The summed E-state index contributed by atoms with van der Waals surface area (Å²) in [6, 6.07) is 10.8. The van der Waals surface area contributed by atoms with Crippen LogP contribution in [-0.2, 0) is 20.7 Å². The quantitative estimate of drug-likeness (QED) is 0.513. The third-order valence-corrected chi connectivity index (χ3v) is 4.57. The molecule has 142 valence electrons. The first-order valence-electron chi connectivity index (χ1n) is 8.55. The molecule has 0 saturated heterocycles. The molecule has 0 aliphatic rings. The number of carbonyl (C=O) groups is 2. The minimum Gasteiger partial charge on any atom is -0.449 e. The number of ether oxygens (including phenoxy) is 1. The van der Waals surface area contributed by atoms with Gasteiger partial charge in [0.25, 0.3) is 5.91 Å². The van der Waals surface area contributed by atoms with Crippen LogP contribution in [0.2, 0.25) is 10.0 Å². The zero-order valence-corrected chi connectivity index (χ0v) is 16.9. The maximum atomic E-state index is 12.4. The second-order valence-electron chi connectivity index (χ2n) is 6.03. The summed E-state index contributed by atoms with van der Waals surface area (Å²) in [5.74, 6) is -1.02. The number of rotatable bonds is 6. The maximum absolute atomic E-state index is 12.4. The number of para-hydroxylation sites is 1. The number of amides is 1. The highest BCUT2D eigenvalue weighted by atomic mass is 35.5. The molecule has 0 aromatic heterocycles. The maximum Gasteiger partial charge on any atom is 0.331 e. The van der Waals surface area contributed by atoms with Gasteiger partial charge < -0.3 is 10.1 Å². The minimum atomic E-state index is -0.938. The first-order chi connectivity index (χ1) is 12.8. The lowest BCUT2D eigenvalue weighted by molar-refractivity contribution is -0.148. The molecule has 0 spiro atoms. The number of halogens is 2. The van der Waals surface area contributed by atoms with Crippen LogP contribution in [-0.4, -0.2) is 18.0 Å². The summed E-state index contributed by atoms with van der Waals surface area (Å²) in [5, 5.41) is 3.78. The van der Waals surface area contributed by atoms with Crippen LogP contribution >= 0.6 is 23.2 Å². The number of aryl methyl sites for hydroxylation is 2. The SMILES string of the molecule is CCc1cccc(C)c1NC(=O)[C@@H](C)OC(=O)/C=C/c1ccc(Cl)cc1Cl. The molecule has 1 N–H and O–H groups in total. The number of hydrogen-bond acceptors (Lipinski definition) is 3. The number of carbonyl (C=O) groups excluding carboxylic acids is 2. The molecule has 0 radical (unpaired) electrons. The number of esters is 1. The van der Waals surface area contributed by atoms with E-state index >= 15 is 0 Å². The summed E-state index contributed by atoms with van der Waals surface area (Å²) < 4.78 is 5.18. The van der Waals surface area contributed by atoms with Crippen LogP contribution in [0.25, 0.3) is 6.08 Å². The van der Waals surface area contributed by atoms with E-state index in [-0.39, 0.29) is 5.91 Å². The van der Waals surface area contributed by atoms with E-state index in [2.05, 4.69) is 5.32 Å². The van der Waals surface area contributed by atoms with Gasteiger partial charge in [0.1, 0.15) is 0 Å².